The van der Waals surface area contributed by atoms with E-state index in [-0.39, 0.29) is 0 Å². The van der Waals surface area contributed by atoms with Crippen LogP contribution in [0.2, 0.25) is 5.15 Å². The molecule has 84 valence electrons. The van der Waals surface area contributed by atoms with E-state index in [0.29, 0.717) is 5.15 Å². The highest BCUT2D eigenvalue weighted by Gasteiger charge is 2.03. The molecule has 1 N–H and O–H groups in total. The fourth-order valence-corrected chi connectivity index (χ4v) is 2.20. The fourth-order valence-electron chi connectivity index (χ4n) is 1.37. The zero-order chi connectivity index (χ0) is 11.4. The summed E-state index contributed by atoms with van der Waals surface area (Å²) in [6, 6.07) is 2.13. The van der Waals surface area contributed by atoms with Crippen molar-refractivity contribution in [2.45, 2.75) is 13.3 Å². The summed E-state index contributed by atoms with van der Waals surface area (Å²) in [6.45, 7) is 2.76. The standard InChI is InChI=1S/C11H12ClN3S/c1-8-10(12)14-7-15-11(8)13-4-2-9-3-5-16-6-9/h3,5-7H,2,4H2,1H3,(H,13,14,15). The molecule has 0 atom stereocenters. The fraction of sp³-hybridized carbons (Fsp3) is 0.273. The molecule has 5 heteroatoms. The molecule has 0 saturated carbocycles. The lowest BCUT2D eigenvalue weighted by atomic mass is 10.2. The van der Waals surface area contributed by atoms with Gasteiger partial charge in [-0.1, -0.05) is 11.6 Å². The van der Waals surface area contributed by atoms with Crippen molar-refractivity contribution in [2.24, 2.45) is 0 Å². The summed E-state index contributed by atoms with van der Waals surface area (Å²) in [6.07, 6.45) is 2.47. The van der Waals surface area contributed by atoms with Crippen LogP contribution in [0.15, 0.2) is 23.2 Å². The van der Waals surface area contributed by atoms with E-state index in [1.54, 1.807) is 11.3 Å². The van der Waals surface area contributed by atoms with E-state index in [9.17, 15) is 0 Å². The van der Waals surface area contributed by atoms with Crippen molar-refractivity contribution in [3.63, 3.8) is 0 Å². The van der Waals surface area contributed by atoms with E-state index in [0.717, 1.165) is 24.3 Å². The molecule has 0 aromatic carbocycles. The minimum Gasteiger partial charge on any atom is -0.369 e. The van der Waals surface area contributed by atoms with Crippen molar-refractivity contribution in [2.75, 3.05) is 11.9 Å². The smallest absolute Gasteiger partial charge is 0.137 e. The molecule has 16 heavy (non-hydrogen) atoms. The van der Waals surface area contributed by atoms with Crippen molar-refractivity contribution in [1.82, 2.24) is 9.97 Å². The number of aromatic nitrogens is 2. The third-order valence-electron chi connectivity index (χ3n) is 2.31. The number of halogens is 1. The lowest BCUT2D eigenvalue weighted by Crippen LogP contribution is -2.07. The monoisotopic (exact) mass is 253 g/mol. The van der Waals surface area contributed by atoms with Crippen LogP contribution < -0.4 is 5.32 Å². The molecule has 0 amide bonds. The topological polar surface area (TPSA) is 37.8 Å². The van der Waals surface area contributed by atoms with Gasteiger partial charge in [0.25, 0.3) is 0 Å². The summed E-state index contributed by atoms with van der Waals surface area (Å²) in [7, 11) is 0. The molecule has 0 aliphatic rings. The van der Waals surface area contributed by atoms with Gasteiger partial charge in [-0.25, -0.2) is 9.97 Å². The van der Waals surface area contributed by atoms with Crippen LogP contribution in [-0.4, -0.2) is 16.5 Å². The summed E-state index contributed by atoms with van der Waals surface area (Å²) in [5, 5.41) is 8.01. The van der Waals surface area contributed by atoms with E-state index in [1.807, 2.05) is 6.92 Å². The van der Waals surface area contributed by atoms with Gasteiger partial charge in [0.15, 0.2) is 0 Å². The van der Waals surface area contributed by atoms with Gasteiger partial charge in [0.05, 0.1) is 0 Å². The predicted octanol–water partition coefficient (Wildman–Crippen LogP) is 3.15. The van der Waals surface area contributed by atoms with Gasteiger partial charge in [0.2, 0.25) is 0 Å². The van der Waals surface area contributed by atoms with E-state index >= 15 is 0 Å². The van der Waals surface area contributed by atoms with Gasteiger partial charge < -0.3 is 5.32 Å². The van der Waals surface area contributed by atoms with Gasteiger partial charge in [0.1, 0.15) is 17.3 Å². The minimum absolute atomic E-state index is 0.507. The van der Waals surface area contributed by atoms with Crippen molar-refractivity contribution < 1.29 is 0 Å². The Morgan fingerprint density at radius 2 is 2.31 bits per heavy atom. The number of thiophene rings is 1. The van der Waals surface area contributed by atoms with Gasteiger partial charge in [0, 0.05) is 12.1 Å². The van der Waals surface area contributed by atoms with Crippen molar-refractivity contribution in [3.05, 3.63) is 39.4 Å². The van der Waals surface area contributed by atoms with Gasteiger partial charge in [-0.3, -0.25) is 0 Å². The van der Waals surface area contributed by atoms with Crippen LogP contribution in [0.25, 0.3) is 0 Å². The van der Waals surface area contributed by atoms with Crippen LogP contribution in [0.1, 0.15) is 11.1 Å². The van der Waals surface area contributed by atoms with Gasteiger partial charge in [-0.05, 0) is 35.7 Å². The van der Waals surface area contributed by atoms with Crippen LogP contribution in [-0.2, 0) is 6.42 Å². The molecule has 0 fully saturated rings. The Morgan fingerprint density at radius 1 is 1.44 bits per heavy atom. The number of nitrogens with one attached hydrogen (secondary N) is 1. The number of anilines is 1. The highest BCUT2D eigenvalue weighted by Crippen LogP contribution is 2.17. The van der Waals surface area contributed by atoms with E-state index in [4.69, 9.17) is 11.6 Å². The average molecular weight is 254 g/mol. The average Bonchev–Trinajstić information content (AvgIpc) is 2.77. The maximum absolute atomic E-state index is 5.90. The second-order valence-electron chi connectivity index (χ2n) is 3.45. The quantitative estimate of drug-likeness (QED) is 0.851. The summed E-state index contributed by atoms with van der Waals surface area (Å²) < 4.78 is 0. The van der Waals surface area contributed by atoms with Crippen LogP contribution in [0.3, 0.4) is 0 Å². The van der Waals surface area contributed by atoms with E-state index < -0.39 is 0 Å². The van der Waals surface area contributed by atoms with Crippen molar-refractivity contribution >= 4 is 28.8 Å². The van der Waals surface area contributed by atoms with Gasteiger partial charge in [-0.2, -0.15) is 11.3 Å². The zero-order valence-electron chi connectivity index (χ0n) is 8.90. The van der Waals surface area contributed by atoms with E-state index in [2.05, 4.69) is 32.1 Å². The van der Waals surface area contributed by atoms with Crippen LogP contribution in [0.4, 0.5) is 5.82 Å². The van der Waals surface area contributed by atoms with Gasteiger partial charge in [-0.15, -0.1) is 0 Å². The molecule has 2 heterocycles. The number of rotatable bonds is 4. The second-order valence-corrected chi connectivity index (χ2v) is 4.58. The lowest BCUT2D eigenvalue weighted by Gasteiger charge is -2.07. The molecule has 0 bridgehead atoms. The molecule has 0 radical (unpaired) electrons. The first kappa shape index (κ1) is 11.4. The highest BCUT2D eigenvalue weighted by atomic mass is 35.5. The molecule has 0 saturated heterocycles. The Morgan fingerprint density at radius 3 is 3.06 bits per heavy atom. The predicted molar refractivity (Wildman–Crippen MR) is 68.3 cm³/mol. The normalized spacial score (nSPS) is 10.4. The maximum atomic E-state index is 5.90. The molecular weight excluding hydrogens is 242 g/mol. The number of hydrogen-bond acceptors (Lipinski definition) is 4. The van der Waals surface area contributed by atoms with E-state index in [1.165, 1.54) is 11.9 Å². The molecule has 2 aromatic rings. The minimum atomic E-state index is 0.507. The van der Waals surface area contributed by atoms with Gasteiger partial charge >= 0.3 is 0 Å². The van der Waals surface area contributed by atoms with Crippen molar-refractivity contribution in [1.29, 1.82) is 0 Å². The third kappa shape index (κ3) is 2.71. The summed E-state index contributed by atoms with van der Waals surface area (Å²) >= 11 is 7.62. The maximum Gasteiger partial charge on any atom is 0.137 e. The number of nitrogens with zero attached hydrogens (tertiary/aromatic N) is 2. The van der Waals surface area contributed by atoms with Crippen LogP contribution >= 0.6 is 22.9 Å². The Kier molecular flexibility index (Phi) is 3.74. The second kappa shape index (κ2) is 5.27. The molecular formula is C11H12ClN3S. The summed E-state index contributed by atoms with van der Waals surface area (Å²) in [4.78, 5) is 8.07. The largest absolute Gasteiger partial charge is 0.369 e. The summed E-state index contributed by atoms with van der Waals surface area (Å²) in [5.74, 6) is 0.815. The Balaban J connectivity index is 1.92. The Bertz CT molecular complexity index is 456. The first-order valence-electron chi connectivity index (χ1n) is 4.99. The third-order valence-corrected chi connectivity index (χ3v) is 3.42. The van der Waals surface area contributed by atoms with Crippen LogP contribution in [0.5, 0.6) is 0 Å². The molecule has 0 spiro atoms. The Labute approximate surface area is 104 Å². The van der Waals surface area contributed by atoms with Crippen molar-refractivity contribution in [3.8, 4) is 0 Å². The molecule has 2 rings (SSSR count). The van der Waals surface area contributed by atoms with Crippen LogP contribution in [0, 0.1) is 6.92 Å². The zero-order valence-corrected chi connectivity index (χ0v) is 10.5. The first-order chi connectivity index (χ1) is 7.77. The highest BCUT2D eigenvalue weighted by molar-refractivity contribution is 7.07. The first-order valence-corrected chi connectivity index (χ1v) is 6.31. The molecule has 3 nitrogen and oxygen atoms in total. The summed E-state index contributed by atoms with van der Waals surface area (Å²) in [5.41, 5.74) is 2.24. The molecule has 2 aromatic heterocycles. The SMILES string of the molecule is Cc1c(Cl)ncnc1NCCc1ccsc1. The lowest BCUT2D eigenvalue weighted by molar-refractivity contribution is 0.996. The molecule has 0 unspecified atom stereocenters. The molecule has 0 aliphatic heterocycles. The number of hydrogen-bond donors (Lipinski definition) is 1. The molecule has 0 aliphatic carbocycles. The Hall–Kier alpha value is -1.13.